The monoisotopic (exact) mass is 368 g/mol. The van der Waals surface area contributed by atoms with Crippen LogP contribution in [-0.4, -0.2) is 33.1 Å². The number of fused-ring (bicyclic) bond motifs is 1. The van der Waals surface area contributed by atoms with E-state index in [0.29, 0.717) is 17.7 Å². The standard InChI is InChI=1S/C14H11F3N6OS/c15-8-3-7(25-22-14(6-18)1-2-14)5-23-9(8)4-21-13(23)12(20)24-11(19)10(16)17/h3-5,10,19-20,22H,1-2H2. The van der Waals surface area contributed by atoms with Gasteiger partial charge in [0.15, 0.2) is 0 Å². The first-order valence-corrected chi connectivity index (χ1v) is 7.82. The number of hydrogen-bond donors (Lipinski definition) is 3. The Morgan fingerprint density at radius 1 is 1.48 bits per heavy atom. The molecule has 0 radical (unpaired) electrons. The van der Waals surface area contributed by atoms with Crippen LogP contribution in [0, 0.1) is 28.0 Å². The molecule has 0 atom stereocenters. The Morgan fingerprint density at radius 2 is 2.20 bits per heavy atom. The molecule has 0 aromatic carbocycles. The smallest absolute Gasteiger partial charge is 0.312 e. The largest absolute Gasteiger partial charge is 0.416 e. The van der Waals surface area contributed by atoms with Gasteiger partial charge in [-0.15, -0.1) is 0 Å². The van der Waals surface area contributed by atoms with Crippen LogP contribution in [0.3, 0.4) is 0 Å². The van der Waals surface area contributed by atoms with Crippen LogP contribution in [-0.2, 0) is 4.74 Å². The van der Waals surface area contributed by atoms with Crippen LogP contribution in [0.2, 0.25) is 0 Å². The Hall–Kier alpha value is -2.58. The van der Waals surface area contributed by atoms with E-state index >= 15 is 0 Å². The zero-order valence-corrected chi connectivity index (χ0v) is 13.3. The van der Waals surface area contributed by atoms with Crippen LogP contribution >= 0.6 is 11.9 Å². The molecule has 2 heterocycles. The fourth-order valence-electron chi connectivity index (χ4n) is 1.97. The van der Waals surface area contributed by atoms with E-state index in [9.17, 15) is 13.2 Å². The molecule has 11 heteroatoms. The van der Waals surface area contributed by atoms with Crippen molar-refractivity contribution in [2.24, 2.45) is 0 Å². The van der Waals surface area contributed by atoms with Gasteiger partial charge in [0.25, 0.3) is 11.8 Å². The van der Waals surface area contributed by atoms with Gasteiger partial charge < -0.3 is 4.74 Å². The number of hydrogen-bond acceptors (Lipinski definition) is 7. The average Bonchev–Trinajstić information content (AvgIpc) is 3.23. The minimum Gasteiger partial charge on any atom is -0.416 e. The van der Waals surface area contributed by atoms with Crippen molar-refractivity contribution in [3.05, 3.63) is 30.1 Å². The molecule has 7 nitrogen and oxygen atoms in total. The van der Waals surface area contributed by atoms with Gasteiger partial charge in [0.1, 0.15) is 16.9 Å². The zero-order valence-electron chi connectivity index (χ0n) is 12.5. The summed E-state index contributed by atoms with van der Waals surface area (Å²) in [5, 5.41) is 23.7. The predicted octanol–water partition coefficient (Wildman–Crippen LogP) is 2.71. The molecule has 2 aromatic rings. The molecule has 0 amide bonds. The third kappa shape index (κ3) is 3.45. The number of ether oxygens (including phenoxy) is 1. The number of halogens is 3. The van der Waals surface area contributed by atoms with E-state index in [1.54, 1.807) is 0 Å². The van der Waals surface area contributed by atoms with Crippen LogP contribution in [0.4, 0.5) is 13.2 Å². The average molecular weight is 368 g/mol. The first-order valence-electron chi connectivity index (χ1n) is 7.00. The zero-order chi connectivity index (χ0) is 18.2. The highest BCUT2D eigenvalue weighted by Crippen LogP contribution is 2.37. The lowest BCUT2D eigenvalue weighted by Gasteiger charge is -2.10. The molecular weight excluding hydrogens is 357 g/mol. The first-order chi connectivity index (χ1) is 11.8. The Labute approximate surface area is 143 Å². The Kier molecular flexibility index (Phi) is 4.40. The van der Waals surface area contributed by atoms with Crippen molar-refractivity contribution in [3.63, 3.8) is 0 Å². The summed E-state index contributed by atoms with van der Waals surface area (Å²) in [5.41, 5.74) is -0.589. The van der Waals surface area contributed by atoms with Gasteiger partial charge in [-0.1, -0.05) is 0 Å². The van der Waals surface area contributed by atoms with Gasteiger partial charge in [-0.2, -0.15) is 14.0 Å². The van der Waals surface area contributed by atoms with E-state index in [4.69, 9.17) is 16.1 Å². The number of imidazole rings is 1. The molecule has 3 rings (SSSR count). The lowest BCUT2D eigenvalue weighted by atomic mass is 10.3. The molecule has 130 valence electrons. The number of nitrogens with zero attached hydrogens (tertiary/aromatic N) is 3. The summed E-state index contributed by atoms with van der Waals surface area (Å²) in [7, 11) is 0. The van der Waals surface area contributed by atoms with E-state index in [1.165, 1.54) is 16.7 Å². The maximum atomic E-state index is 14.2. The third-order valence-electron chi connectivity index (χ3n) is 3.51. The van der Waals surface area contributed by atoms with Gasteiger partial charge >= 0.3 is 6.43 Å². The highest BCUT2D eigenvalue weighted by Gasteiger charge is 2.43. The second kappa shape index (κ2) is 6.38. The van der Waals surface area contributed by atoms with Crippen LogP contribution in [0.25, 0.3) is 5.52 Å². The number of rotatable bonds is 5. The molecule has 0 bridgehead atoms. The normalized spacial score (nSPS) is 15.2. The number of nitrogens with one attached hydrogen (secondary N) is 3. The molecule has 0 unspecified atom stereocenters. The van der Waals surface area contributed by atoms with E-state index in [2.05, 4.69) is 20.5 Å². The summed E-state index contributed by atoms with van der Waals surface area (Å²) in [6.07, 6.45) is 0.806. The lowest BCUT2D eigenvalue weighted by molar-refractivity contribution is 0.197. The van der Waals surface area contributed by atoms with Gasteiger partial charge in [-0.25, -0.2) is 14.1 Å². The fraction of sp³-hybridized carbons (Fsp3) is 0.286. The quantitative estimate of drug-likeness (QED) is 0.427. The second-order valence-corrected chi connectivity index (χ2v) is 6.23. The summed E-state index contributed by atoms with van der Waals surface area (Å²) >= 11 is 1.05. The maximum absolute atomic E-state index is 14.2. The summed E-state index contributed by atoms with van der Waals surface area (Å²) in [6, 6.07) is 3.37. The van der Waals surface area contributed by atoms with Crippen molar-refractivity contribution in [2.75, 3.05) is 0 Å². The minimum atomic E-state index is -3.17. The summed E-state index contributed by atoms with van der Waals surface area (Å²) in [6.45, 7) is 0. The summed E-state index contributed by atoms with van der Waals surface area (Å²) in [5.74, 6) is -3.04. The Morgan fingerprint density at radius 3 is 2.80 bits per heavy atom. The van der Waals surface area contributed by atoms with E-state index in [0.717, 1.165) is 18.1 Å². The fourth-order valence-corrected chi connectivity index (χ4v) is 2.86. The van der Waals surface area contributed by atoms with Crippen molar-refractivity contribution < 1.29 is 17.9 Å². The molecule has 1 aliphatic carbocycles. The third-order valence-corrected chi connectivity index (χ3v) is 4.46. The molecular formula is C14H11F3N6OS. The van der Waals surface area contributed by atoms with E-state index in [-0.39, 0.29) is 11.3 Å². The van der Waals surface area contributed by atoms with Crippen molar-refractivity contribution in [3.8, 4) is 6.07 Å². The molecule has 1 aliphatic rings. The van der Waals surface area contributed by atoms with Gasteiger partial charge in [0.05, 0.1) is 12.3 Å². The van der Waals surface area contributed by atoms with Crippen molar-refractivity contribution in [1.82, 2.24) is 14.1 Å². The van der Waals surface area contributed by atoms with Crippen molar-refractivity contribution in [1.29, 1.82) is 16.1 Å². The molecule has 3 N–H and O–H groups in total. The molecule has 0 saturated heterocycles. The van der Waals surface area contributed by atoms with Crippen molar-refractivity contribution >= 4 is 29.3 Å². The Balaban J connectivity index is 1.86. The Bertz CT molecular complexity index is 902. The molecule has 0 spiro atoms. The minimum absolute atomic E-state index is 0.0256. The molecule has 2 aromatic heterocycles. The van der Waals surface area contributed by atoms with Crippen LogP contribution in [0.15, 0.2) is 23.4 Å². The van der Waals surface area contributed by atoms with Crippen LogP contribution in [0.5, 0.6) is 0 Å². The highest BCUT2D eigenvalue weighted by molar-refractivity contribution is 7.97. The predicted molar refractivity (Wildman–Crippen MR) is 83.4 cm³/mol. The summed E-state index contributed by atoms with van der Waals surface area (Å²) < 4.78 is 47.5. The second-order valence-electron chi connectivity index (χ2n) is 5.35. The number of alkyl halides is 2. The number of pyridine rings is 1. The molecule has 1 fully saturated rings. The SMILES string of the molecule is N#CC1(NSc2cc(F)c3cnc(C(=N)OC(=N)C(F)F)n3c2)CC1. The molecule has 0 aliphatic heterocycles. The lowest BCUT2D eigenvalue weighted by Crippen LogP contribution is -2.22. The number of nitriles is 1. The summed E-state index contributed by atoms with van der Waals surface area (Å²) in [4.78, 5) is 4.20. The molecule has 1 saturated carbocycles. The van der Waals surface area contributed by atoms with Crippen LogP contribution < -0.4 is 4.72 Å². The van der Waals surface area contributed by atoms with Gasteiger partial charge in [0, 0.05) is 11.1 Å². The van der Waals surface area contributed by atoms with Gasteiger partial charge in [-0.3, -0.25) is 15.2 Å². The topological polar surface area (TPSA) is 110 Å². The highest BCUT2D eigenvalue weighted by atomic mass is 32.2. The molecule has 25 heavy (non-hydrogen) atoms. The van der Waals surface area contributed by atoms with Gasteiger partial charge in [-0.05, 0) is 30.9 Å². The van der Waals surface area contributed by atoms with Crippen LogP contribution in [0.1, 0.15) is 18.7 Å². The van der Waals surface area contributed by atoms with Gasteiger partial charge in [0.2, 0.25) is 5.82 Å². The number of aromatic nitrogens is 2. The van der Waals surface area contributed by atoms with E-state index in [1.807, 2.05) is 0 Å². The first kappa shape index (κ1) is 17.2. The van der Waals surface area contributed by atoms with E-state index < -0.39 is 29.6 Å². The maximum Gasteiger partial charge on any atom is 0.312 e. The van der Waals surface area contributed by atoms with Crippen molar-refractivity contribution in [2.45, 2.75) is 29.7 Å².